The molecular formula is C121H135F3N2O2. The van der Waals surface area contributed by atoms with Crippen LogP contribution in [0.5, 0.6) is 11.5 Å². The fraction of sp³-hybridized carbons (Fsp3) is 0.339. The van der Waals surface area contributed by atoms with Crippen molar-refractivity contribution in [3.63, 3.8) is 0 Å². The van der Waals surface area contributed by atoms with Crippen LogP contribution in [0.25, 0.3) is 22.3 Å². The highest BCUT2D eigenvalue weighted by molar-refractivity contribution is 5.88. The van der Waals surface area contributed by atoms with Gasteiger partial charge >= 0.3 is 12.1 Å². The van der Waals surface area contributed by atoms with E-state index in [-0.39, 0.29) is 43.7 Å². The van der Waals surface area contributed by atoms with Crippen LogP contribution in [0.2, 0.25) is 0 Å². The average Bonchev–Trinajstić information content (AvgIpc) is 1.51. The van der Waals surface area contributed by atoms with E-state index in [9.17, 15) is 13.2 Å². The molecule has 662 valence electrons. The molecule has 0 saturated carbocycles. The average molecular weight is 1710 g/mol. The lowest BCUT2D eigenvalue weighted by Crippen LogP contribution is -2.45. The Bertz CT molecular complexity index is 6120. The lowest BCUT2D eigenvalue weighted by Gasteiger charge is -2.48. The van der Waals surface area contributed by atoms with E-state index < -0.39 is 22.9 Å². The fourth-order valence-electron chi connectivity index (χ4n) is 21.2. The lowest BCUT2D eigenvalue weighted by atomic mass is 9.55. The van der Waals surface area contributed by atoms with Gasteiger partial charge in [0.05, 0.1) is 12.5 Å². The van der Waals surface area contributed by atoms with Crippen molar-refractivity contribution in [1.82, 2.24) is 0 Å². The first-order valence-electron chi connectivity index (χ1n) is 46.9. The first-order valence-corrected chi connectivity index (χ1v) is 46.9. The number of ether oxygens (including phenoxy) is 2. The molecule has 13 aromatic rings. The van der Waals surface area contributed by atoms with Gasteiger partial charge < -0.3 is 19.3 Å². The van der Waals surface area contributed by atoms with Crippen LogP contribution in [0, 0.1) is 20.8 Å². The molecule has 0 aliphatic heterocycles. The molecule has 0 aromatic heterocycles. The van der Waals surface area contributed by atoms with Crippen LogP contribution in [0.3, 0.4) is 0 Å². The molecule has 8 unspecified atom stereocenters. The Kier molecular flexibility index (Phi) is 26.3. The Morgan fingerprint density at radius 1 is 0.328 bits per heavy atom. The smallest absolute Gasteiger partial charge is 0.344 e. The maximum Gasteiger partial charge on any atom is 0.344 e. The van der Waals surface area contributed by atoms with Gasteiger partial charge in [-0.1, -0.05) is 344 Å². The Balaban J connectivity index is 0.856. The highest BCUT2D eigenvalue weighted by atomic mass is 19.3. The van der Waals surface area contributed by atoms with Crippen molar-refractivity contribution >= 4 is 34.1 Å². The van der Waals surface area contributed by atoms with E-state index in [2.05, 4.69) is 436 Å². The molecule has 0 radical (unpaired) electrons. The van der Waals surface area contributed by atoms with Gasteiger partial charge in [-0.25, -0.2) is 0 Å². The predicted octanol–water partition coefficient (Wildman–Crippen LogP) is 34.6. The van der Waals surface area contributed by atoms with Gasteiger partial charge in [-0.2, -0.15) is 13.2 Å². The quantitative estimate of drug-likeness (QED) is 0.0419. The van der Waals surface area contributed by atoms with E-state index in [0.29, 0.717) is 5.92 Å². The zero-order valence-electron chi connectivity index (χ0n) is 80.6. The summed E-state index contributed by atoms with van der Waals surface area (Å²) in [5.41, 5.74) is 31.0. The van der Waals surface area contributed by atoms with Crippen molar-refractivity contribution in [1.29, 1.82) is 0 Å². The zero-order valence-corrected chi connectivity index (χ0v) is 80.6. The van der Waals surface area contributed by atoms with Crippen molar-refractivity contribution in [3.05, 3.63) is 403 Å². The Labute approximate surface area is 764 Å². The van der Waals surface area contributed by atoms with E-state index in [1.807, 2.05) is 0 Å². The predicted molar refractivity (Wildman–Crippen MR) is 536 cm³/mol. The van der Waals surface area contributed by atoms with E-state index in [1.54, 1.807) is 19.2 Å². The molecule has 128 heavy (non-hydrogen) atoms. The molecule has 14 rings (SSSR count). The van der Waals surface area contributed by atoms with Gasteiger partial charge in [0.15, 0.2) is 0 Å². The van der Waals surface area contributed by atoms with Gasteiger partial charge in [0, 0.05) is 66.6 Å². The van der Waals surface area contributed by atoms with Crippen LogP contribution in [-0.4, -0.2) is 7.11 Å². The van der Waals surface area contributed by atoms with Gasteiger partial charge in [0.25, 0.3) is 0 Å². The number of aryl methyl sites for hydroxylation is 3. The summed E-state index contributed by atoms with van der Waals surface area (Å²) in [5, 5.41) is 0. The summed E-state index contributed by atoms with van der Waals surface area (Å²) in [5.74, 6) is 1.30. The minimum Gasteiger partial charge on any atom is -0.496 e. The summed E-state index contributed by atoms with van der Waals surface area (Å²) in [7, 11) is 1.78. The Hall–Kier alpha value is -11.4. The molecule has 0 fully saturated rings. The van der Waals surface area contributed by atoms with Crippen molar-refractivity contribution in [3.8, 4) is 33.8 Å². The van der Waals surface area contributed by atoms with Crippen LogP contribution in [-0.2, 0) is 48.7 Å². The minimum absolute atomic E-state index is 0.0183. The summed E-state index contributed by atoms with van der Waals surface area (Å²) in [6.45, 7) is 54.0. The van der Waals surface area contributed by atoms with Gasteiger partial charge in [0.2, 0.25) is 0 Å². The van der Waals surface area contributed by atoms with Crippen LogP contribution < -0.4 is 19.3 Å². The highest BCUT2D eigenvalue weighted by Gasteiger charge is 2.53. The number of halogens is 3. The van der Waals surface area contributed by atoms with Gasteiger partial charge in [-0.3, -0.25) is 0 Å². The Morgan fingerprint density at radius 3 is 0.992 bits per heavy atom. The van der Waals surface area contributed by atoms with Crippen molar-refractivity contribution in [2.45, 2.75) is 259 Å². The third-order valence-corrected chi connectivity index (χ3v) is 31.5. The maximum absolute atomic E-state index is 13.9. The van der Waals surface area contributed by atoms with Crippen LogP contribution in [0.4, 0.5) is 47.3 Å². The van der Waals surface area contributed by atoms with E-state index in [1.165, 1.54) is 118 Å². The number of nitrogens with zero attached hydrogens (tertiary/aromatic N) is 2. The molecule has 8 atom stereocenters. The zero-order chi connectivity index (χ0) is 92.0. The topological polar surface area (TPSA) is 24.9 Å². The van der Waals surface area contributed by atoms with Gasteiger partial charge in [0.1, 0.15) is 11.5 Å². The van der Waals surface area contributed by atoms with Gasteiger partial charge in [-0.15, -0.1) is 0 Å². The molecule has 0 spiro atoms. The van der Waals surface area contributed by atoms with Crippen molar-refractivity contribution in [2.24, 2.45) is 0 Å². The second kappa shape index (κ2) is 36.3. The molecule has 1 aliphatic carbocycles. The largest absolute Gasteiger partial charge is 0.496 e. The van der Waals surface area contributed by atoms with E-state index in [0.717, 1.165) is 102 Å². The monoisotopic (exact) mass is 1710 g/mol. The number of benzene rings is 13. The number of methoxy groups -OCH3 is 1. The van der Waals surface area contributed by atoms with E-state index in [4.69, 9.17) is 9.47 Å². The summed E-state index contributed by atoms with van der Waals surface area (Å²) in [6, 6.07) is 108. The second-order valence-corrected chi connectivity index (χ2v) is 40.0. The summed E-state index contributed by atoms with van der Waals surface area (Å²) in [4.78, 5) is 4.78. The standard InChI is InChI=1S/C121H135F3N2O2/c1-25-81(9)84-34-59-98(60-35-84)125(100-63-48-91(49-64-100)115(18,26-2)89-44-40-87(41-45-89)113(12,13)14)102-67-52-93(53-68-102)117(20,28-4)119(22,30-6)95-56-73-105-106-74-57-96(79-109(106)121(108(105)78-95,107-76-80(8)32-33-82(107)10)97-58-75-110(127-24)83(11)77-97)120(23,31-7)118(21,29-5)94-54-69-103(70-55-94)126(99-61-36-85(37-62-99)86-38-71-104(72-39-86)128-112(124)111(122)123)101-65-50-92(51-66-101)116(19,27-3)90-46-42-88(43-47-90)114(15,16)17/h32-79,81H,25-31H2,1-24H3. The molecule has 4 nitrogen and oxygen atoms in total. The number of fused-ring (bicyclic) bond motifs is 3. The summed E-state index contributed by atoms with van der Waals surface area (Å²) in [6.07, 6.45) is 4.00. The molecule has 13 aromatic carbocycles. The van der Waals surface area contributed by atoms with Crippen LogP contribution >= 0.6 is 0 Å². The first kappa shape index (κ1) is 92.8. The Morgan fingerprint density at radius 2 is 0.656 bits per heavy atom. The normalized spacial score (nSPS) is 16.4. The SMILES string of the molecule is CCC(C)c1ccc(N(c2ccc(C(C)(CC)c3ccc(C(C)(C)C)cc3)cc2)c2ccc(C(C)(CC)C(C)(CC)c3ccc4c(c3)C(c3ccc(OC)c(C)c3)(c3cc(C)ccc3C)c3cc(C(C)(CC)C(C)(CC)c5ccc(N(c6ccc(-c7ccc(OC(F)=C(F)F)cc7)cc6)c6ccc(C(C)(CC)c7ccc(C(C)(C)C)cc7)cc6)cc5)ccc3-4)cc2)cc1. The maximum atomic E-state index is 13.9. The highest BCUT2D eigenvalue weighted by Crippen LogP contribution is 2.62. The molecule has 1 aliphatic rings. The molecule has 7 heteroatoms. The second-order valence-electron chi connectivity index (χ2n) is 40.0. The fourth-order valence-corrected chi connectivity index (χ4v) is 21.2. The summed E-state index contributed by atoms with van der Waals surface area (Å²) < 4.78 is 51.0. The third kappa shape index (κ3) is 16.6. The molecule has 0 N–H and O–H groups in total. The van der Waals surface area contributed by atoms with Crippen LogP contribution in [0.15, 0.2) is 303 Å². The number of hydrogen-bond acceptors (Lipinski definition) is 4. The molecule has 0 bridgehead atoms. The molecule has 0 heterocycles. The summed E-state index contributed by atoms with van der Waals surface area (Å²) >= 11 is 0. The molecule has 0 amide bonds. The van der Waals surface area contributed by atoms with Crippen LogP contribution in [0.1, 0.15) is 289 Å². The van der Waals surface area contributed by atoms with E-state index >= 15 is 0 Å². The number of anilines is 6. The van der Waals surface area contributed by atoms with Crippen molar-refractivity contribution < 1.29 is 22.6 Å². The molecule has 0 saturated heterocycles. The van der Waals surface area contributed by atoms with Crippen molar-refractivity contribution in [2.75, 3.05) is 16.9 Å². The lowest BCUT2D eigenvalue weighted by molar-refractivity contribution is 0.234. The number of hydrogen-bond donors (Lipinski definition) is 0. The van der Waals surface area contributed by atoms with Gasteiger partial charge in [-0.05, 0) is 290 Å². The third-order valence-electron chi connectivity index (χ3n) is 31.5. The first-order chi connectivity index (χ1) is 60.9. The minimum atomic E-state index is -2.50. The number of rotatable bonds is 30. The molecular weight excluding hydrogens is 1570 g/mol.